The molecule has 0 saturated heterocycles. The fraction of sp³-hybridized carbons (Fsp3) is 0.571. The molecule has 1 aromatic rings. The lowest BCUT2D eigenvalue weighted by atomic mass is 10.1. The zero-order valence-electron chi connectivity index (χ0n) is 23.0. The molecule has 6 nitrogen and oxygen atoms in total. The van der Waals surface area contributed by atoms with Crippen LogP contribution in [0.4, 0.5) is 4.79 Å². The van der Waals surface area contributed by atoms with Crippen LogP contribution in [0.5, 0.6) is 5.75 Å². The molecule has 7 heteroatoms. The summed E-state index contributed by atoms with van der Waals surface area (Å²) in [7, 11) is -2.04. The van der Waals surface area contributed by atoms with Gasteiger partial charge in [0.05, 0.1) is 6.04 Å². The maximum absolute atomic E-state index is 12.4. The molecule has 0 saturated carbocycles. The first-order valence-electron chi connectivity index (χ1n) is 12.4. The highest BCUT2D eigenvalue weighted by atomic mass is 28.4. The number of benzene rings is 1. The highest BCUT2D eigenvalue weighted by Crippen LogP contribution is 2.42. The minimum Gasteiger partial charge on any atom is -0.543 e. The van der Waals surface area contributed by atoms with E-state index in [1.54, 1.807) is 26.8 Å². The Morgan fingerprint density at radius 2 is 1.54 bits per heavy atom. The fourth-order valence-electron chi connectivity index (χ4n) is 4.52. The van der Waals surface area contributed by atoms with Crippen LogP contribution in [0.15, 0.2) is 49.1 Å². The number of esters is 1. The van der Waals surface area contributed by atoms with Gasteiger partial charge in [-0.05, 0) is 61.5 Å². The highest BCUT2D eigenvalue weighted by Gasteiger charge is 2.46. The number of carbonyl (C=O) groups is 2. The molecule has 0 aromatic heterocycles. The van der Waals surface area contributed by atoms with Crippen LogP contribution in [-0.4, -0.2) is 38.6 Å². The second-order valence-corrected chi connectivity index (χ2v) is 16.2. The summed E-state index contributed by atoms with van der Waals surface area (Å²) in [5, 5.41) is 2.83. The van der Waals surface area contributed by atoms with Crippen LogP contribution < -0.4 is 9.74 Å². The van der Waals surface area contributed by atoms with Crippen molar-refractivity contribution in [3.8, 4) is 5.75 Å². The van der Waals surface area contributed by atoms with Crippen molar-refractivity contribution in [2.75, 3.05) is 6.61 Å². The molecular weight excluding hydrogens is 458 g/mol. The lowest BCUT2D eigenvalue weighted by Crippen LogP contribution is -2.50. The summed E-state index contributed by atoms with van der Waals surface area (Å²) in [5.41, 5.74) is 1.81. The molecule has 0 unspecified atom stereocenters. The molecule has 0 bridgehead atoms. The number of ether oxygens (including phenoxy) is 2. The molecule has 1 N–H and O–H groups in total. The number of alkyl carbamates (subject to hydrolysis) is 1. The van der Waals surface area contributed by atoms with Gasteiger partial charge in [-0.2, -0.15) is 0 Å². The van der Waals surface area contributed by atoms with Crippen molar-refractivity contribution in [1.82, 2.24) is 5.32 Å². The zero-order valence-corrected chi connectivity index (χ0v) is 24.0. The van der Waals surface area contributed by atoms with Crippen molar-refractivity contribution >= 4 is 20.4 Å². The second kappa shape index (κ2) is 13.5. The minimum atomic E-state index is -2.04. The number of hydrogen-bond donors (Lipinski definition) is 1. The Morgan fingerprint density at radius 3 is 2.00 bits per heavy atom. The molecule has 1 aromatic carbocycles. The monoisotopic (exact) mass is 503 g/mol. The van der Waals surface area contributed by atoms with Crippen molar-refractivity contribution in [3.63, 3.8) is 0 Å². The summed E-state index contributed by atoms with van der Waals surface area (Å²) in [5.74, 6) is 0.374. The van der Waals surface area contributed by atoms with Crippen molar-refractivity contribution in [3.05, 3.63) is 54.6 Å². The van der Waals surface area contributed by atoms with Gasteiger partial charge in [0, 0.05) is 6.08 Å². The smallest absolute Gasteiger partial charge is 0.408 e. The standard InChI is InChI=1S/C28H45NO5Si/c1-11-18-32-26(30)17-14-24(29-27(31)33-28(8,9)10)19-23-12-15-25(16-13-23)34-35(20(2)3,21(4)5)22(6)7/h11-17,20-22,24H,1,18-19H2,2-10H3,(H,29,31)/b17-14-/t24-/m1/s1. The maximum Gasteiger partial charge on any atom is 0.408 e. The number of hydrogen-bond acceptors (Lipinski definition) is 5. The quantitative estimate of drug-likeness (QED) is 0.144. The van der Waals surface area contributed by atoms with Gasteiger partial charge in [-0.1, -0.05) is 72.4 Å². The molecule has 0 heterocycles. The van der Waals surface area contributed by atoms with Crippen LogP contribution in [0.1, 0.15) is 67.9 Å². The summed E-state index contributed by atoms with van der Waals surface area (Å²) in [6.07, 6.45) is 4.37. The summed E-state index contributed by atoms with van der Waals surface area (Å²) in [6.45, 7) is 22.7. The SMILES string of the molecule is C=CCOC(=O)/C=C\[C@H](Cc1ccc(O[Si](C(C)C)(C(C)C)C(C)C)cc1)NC(=O)OC(C)(C)C. The zero-order chi connectivity index (χ0) is 26.8. The molecule has 0 aliphatic rings. The van der Waals surface area contributed by atoms with Crippen LogP contribution in [0.3, 0.4) is 0 Å². The molecular formula is C28H45NO5Si. The van der Waals surface area contributed by atoms with E-state index < -0.39 is 32.0 Å². The molecule has 35 heavy (non-hydrogen) atoms. The van der Waals surface area contributed by atoms with E-state index >= 15 is 0 Å². The Bertz CT molecular complexity index is 831. The number of rotatable bonds is 12. The van der Waals surface area contributed by atoms with E-state index in [0.29, 0.717) is 23.0 Å². The minimum absolute atomic E-state index is 0.128. The number of amides is 1. The summed E-state index contributed by atoms with van der Waals surface area (Å²) in [6, 6.07) is 7.54. The van der Waals surface area contributed by atoms with Gasteiger partial charge < -0.3 is 19.2 Å². The topological polar surface area (TPSA) is 73.9 Å². The first-order valence-corrected chi connectivity index (χ1v) is 14.6. The summed E-state index contributed by atoms with van der Waals surface area (Å²) < 4.78 is 17.1. The predicted octanol–water partition coefficient (Wildman–Crippen LogP) is 6.96. The molecule has 0 spiro atoms. The van der Waals surface area contributed by atoms with Crippen molar-refractivity contribution in [1.29, 1.82) is 0 Å². The van der Waals surface area contributed by atoms with E-state index in [2.05, 4.69) is 53.4 Å². The van der Waals surface area contributed by atoms with E-state index in [9.17, 15) is 9.59 Å². The molecule has 1 amide bonds. The Labute approximate surface area is 213 Å². The van der Waals surface area contributed by atoms with Gasteiger partial charge in [0.15, 0.2) is 0 Å². The van der Waals surface area contributed by atoms with Gasteiger partial charge in [-0.3, -0.25) is 0 Å². The van der Waals surface area contributed by atoms with Gasteiger partial charge in [0.25, 0.3) is 8.32 Å². The molecule has 0 radical (unpaired) electrons. The third-order valence-corrected chi connectivity index (χ3v) is 11.9. The van der Waals surface area contributed by atoms with Crippen LogP contribution in [0.2, 0.25) is 16.6 Å². The number of nitrogens with one attached hydrogen (secondary N) is 1. The first kappa shape index (κ1) is 30.5. The summed E-state index contributed by atoms with van der Waals surface area (Å²) >= 11 is 0. The molecule has 0 aliphatic carbocycles. The van der Waals surface area contributed by atoms with Crippen LogP contribution in [0, 0.1) is 0 Å². The normalized spacial score (nSPS) is 13.3. The van der Waals surface area contributed by atoms with E-state index in [-0.39, 0.29) is 6.61 Å². The van der Waals surface area contributed by atoms with E-state index in [1.165, 1.54) is 12.2 Å². The Hall–Kier alpha value is -2.54. The van der Waals surface area contributed by atoms with Crippen molar-refractivity contribution in [2.45, 2.75) is 97.0 Å². The Balaban J connectivity index is 3.06. The van der Waals surface area contributed by atoms with Crippen LogP contribution in [0.25, 0.3) is 0 Å². The van der Waals surface area contributed by atoms with Gasteiger partial charge >= 0.3 is 12.1 Å². The largest absolute Gasteiger partial charge is 0.543 e. The van der Waals surface area contributed by atoms with Crippen LogP contribution in [-0.2, 0) is 20.7 Å². The van der Waals surface area contributed by atoms with Gasteiger partial charge in [-0.15, -0.1) is 0 Å². The van der Waals surface area contributed by atoms with Gasteiger partial charge in [-0.25, -0.2) is 9.59 Å². The first-order chi connectivity index (χ1) is 16.2. The van der Waals surface area contributed by atoms with Gasteiger partial charge in [0.2, 0.25) is 0 Å². The van der Waals surface area contributed by atoms with Crippen LogP contribution >= 0.6 is 0 Å². The maximum atomic E-state index is 12.4. The highest BCUT2D eigenvalue weighted by molar-refractivity contribution is 6.78. The molecule has 1 atom stereocenters. The molecule has 0 aliphatic heterocycles. The third kappa shape index (κ3) is 9.92. The lowest BCUT2D eigenvalue weighted by Gasteiger charge is -2.42. The lowest BCUT2D eigenvalue weighted by molar-refractivity contribution is -0.136. The fourth-order valence-corrected chi connectivity index (χ4v) is 9.77. The molecule has 1 rings (SSSR count). The number of carbonyl (C=O) groups excluding carboxylic acids is 2. The van der Waals surface area contributed by atoms with E-state index in [4.69, 9.17) is 13.9 Å². The van der Waals surface area contributed by atoms with E-state index in [1.807, 2.05) is 24.3 Å². The third-order valence-electron chi connectivity index (χ3n) is 5.89. The van der Waals surface area contributed by atoms with Crippen molar-refractivity contribution < 1.29 is 23.5 Å². The Morgan fingerprint density at radius 1 is 1.00 bits per heavy atom. The van der Waals surface area contributed by atoms with Crippen molar-refractivity contribution in [2.24, 2.45) is 0 Å². The van der Waals surface area contributed by atoms with Gasteiger partial charge in [0.1, 0.15) is 18.0 Å². The Kier molecular flexibility index (Phi) is 11.8. The van der Waals surface area contributed by atoms with E-state index in [0.717, 1.165) is 11.3 Å². The molecule has 0 fully saturated rings. The molecule has 196 valence electrons. The predicted molar refractivity (Wildman–Crippen MR) is 145 cm³/mol. The average Bonchev–Trinajstić information content (AvgIpc) is 2.73. The second-order valence-electron chi connectivity index (χ2n) is 10.8. The average molecular weight is 504 g/mol. The summed E-state index contributed by atoms with van der Waals surface area (Å²) in [4.78, 5) is 24.3.